The fourth-order valence-corrected chi connectivity index (χ4v) is 5.67. The first kappa shape index (κ1) is 22.4. The number of amides is 1. The van der Waals surface area contributed by atoms with Gasteiger partial charge in [-0.2, -0.15) is 0 Å². The molecule has 1 aliphatic carbocycles. The Labute approximate surface area is 199 Å². The van der Waals surface area contributed by atoms with Gasteiger partial charge in [-0.3, -0.25) is 4.79 Å². The van der Waals surface area contributed by atoms with Crippen molar-refractivity contribution < 1.29 is 14.3 Å². The van der Waals surface area contributed by atoms with Crippen LogP contribution < -0.4 is 10.1 Å². The van der Waals surface area contributed by atoms with Crippen LogP contribution in [-0.4, -0.2) is 11.9 Å². The maximum absolute atomic E-state index is 13.0. The summed E-state index contributed by atoms with van der Waals surface area (Å²) in [4.78, 5) is 26.1. The van der Waals surface area contributed by atoms with Crippen LogP contribution in [-0.2, 0) is 4.79 Å². The lowest BCUT2D eigenvalue weighted by Gasteiger charge is -2.32. The molecule has 0 aliphatic heterocycles. The van der Waals surface area contributed by atoms with E-state index in [1.165, 1.54) is 11.3 Å². The summed E-state index contributed by atoms with van der Waals surface area (Å²) in [6.07, 6.45) is 5.00. The number of halogens is 3. The van der Waals surface area contributed by atoms with Crippen molar-refractivity contribution in [3.63, 3.8) is 0 Å². The van der Waals surface area contributed by atoms with Gasteiger partial charge >= 0.3 is 5.97 Å². The highest BCUT2D eigenvalue weighted by Crippen LogP contribution is 2.42. The number of carbonyl (C=O) groups is 2. The molecular formula is C23H20Cl3NO3S. The van der Waals surface area contributed by atoms with E-state index in [-0.39, 0.29) is 31.6 Å². The van der Waals surface area contributed by atoms with Gasteiger partial charge in [0.05, 0.1) is 15.7 Å². The normalized spacial score (nSPS) is 15.6. The minimum atomic E-state index is -0.633. The Morgan fingerprint density at radius 1 is 1.00 bits per heavy atom. The highest BCUT2D eigenvalue weighted by atomic mass is 35.5. The molecule has 1 N–H and O–H groups in total. The molecule has 8 heteroatoms. The average Bonchev–Trinajstić information content (AvgIpc) is 3.09. The lowest BCUT2D eigenvalue weighted by Crippen LogP contribution is -2.35. The molecular weight excluding hydrogens is 477 g/mol. The van der Waals surface area contributed by atoms with Gasteiger partial charge in [-0.15, -0.1) is 11.3 Å². The molecule has 0 unspecified atom stereocenters. The molecule has 1 fully saturated rings. The number of benzene rings is 2. The quantitative estimate of drug-likeness (QED) is 0.294. The molecule has 0 spiro atoms. The molecule has 3 aromatic rings. The number of anilines is 1. The largest absolute Gasteiger partial charge is 0.421 e. The van der Waals surface area contributed by atoms with Crippen molar-refractivity contribution in [1.82, 2.24) is 0 Å². The van der Waals surface area contributed by atoms with E-state index in [9.17, 15) is 9.59 Å². The standard InChI is InChI=1S/C23H20Cl3NO3S/c1-23(11-3-2-4-12-23)22(29)27-14-8-6-10-16-17(14)19(26)20(31-16)21(28)30-15-9-5-7-13(24)18(15)25/h5-10H,2-4,11-12H2,1H3,(H,27,29). The Hall–Kier alpha value is -1.79. The lowest BCUT2D eigenvalue weighted by atomic mass is 9.75. The van der Waals surface area contributed by atoms with Crippen LogP contribution >= 0.6 is 46.1 Å². The van der Waals surface area contributed by atoms with Crippen LogP contribution in [0.4, 0.5) is 5.69 Å². The summed E-state index contributed by atoms with van der Waals surface area (Å²) < 4.78 is 6.22. The number of fused-ring (bicyclic) bond motifs is 1. The lowest BCUT2D eigenvalue weighted by molar-refractivity contribution is -0.126. The highest BCUT2D eigenvalue weighted by Gasteiger charge is 2.35. The first-order chi connectivity index (χ1) is 14.8. The number of ether oxygens (including phenoxy) is 1. The monoisotopic (exact) mass is 495 g/mol. The first-order valence-electron chi connectivity index (χ1n) is 9.99. The van der Waals surface area contributed by atoms with Crippen molar-refractivity contribution in [2.45, 2.75) is 39.0 Å². The van der Waals surface area contributed by atoms with Gasteiger partial charge in [-0.25, -0.2) is 4.79 Å². The summed E-state index contributed by atoms with van der Waals surface area (Å²) in [5.41, 5.74) is 0.198. The maximum Gasteiger partial charge on any atom is 0.355 e. The number of hydrogen-bond acceptors (Lipinski definition) is 4. The summed E-state index contributed by atoms with van der Waals surface area (Å²) in [5, 5.41) is 4.36. The van der Waals surface area contributed by atoms with Crippen molar-refractivity contribution in [1.29, 1.82) is 0 Å². The van der Waals surface area contributed by atoms with Gasteiger partial charge in [0, 0.05) is 15.5 Å². The van der Waals surface area contributed by atoms with Crippen molar-refractivity contribution >= 4 is 73.8 Å². The Bertz CT molecular complexity index is 1170. The Morgan fingerprint density at radius 3 is 2.45 bits per heavy atom. The zero-order chi connectivity index (χ0) is 22.2. The number of carbonyl (C=O) groups excluding carboxylic acids is 2. The van der Waals surface area contributed by atoms with Crippen LogP contribution in [0.5, 0.6) is 5.75 Å². The summed E-state index contributed by atoms with van der Waals surface area (Å²) in [6, 6.07) is 10.3. The minimum absolute atomic E-state index is 0.0168. The summed E-state index contributed by atoms with van der Waals surface area (Å²) >= 11 is 19.9. The zero-order valence-electron chi connectivity index (χ0n) is 16.8. The predicted molar refractivity (Wildman–Crippen MR) is 128 cm³/mol. The van der Waals surface area contributed by atoms with Gasteiger partial charge in [0.2, 0.25) is 5.91 Å². The van der Waals surface area contributed by atoms with Gasteiger partial charge in [0.25, 0.3) is 0 Å². The van der Waals surface area contributed by atoms with Crippen LogP contribution in [0.25, 0.3) is 10.1 Å². The highest BCUT2D eigenvalue weighted by molar-refractivity contribution is 7.21. The van der Waals surface area contributed by atoms with Gasteiger partial charge in [0.1, 0.15) is 9.90 Å². The molecule has 1 aromatic heterocycles. The van der Waals surface area contributed by atoms with Gasteiger partial charge in [0.15, 0.2) is 5.75 Å². The van der Waals surface area contributed by atoms with E-state index in [2.05, 4.69) is 5.32 Å². The molecule has 2 aromatic carbocycles. The van der Waals surface area contributed by atoms with Crippen molar-refractivity contribution in [2.24, 2.45) is 5.41 Å². The van der Waals surface area contributed by atoms with E-state index in [4.69, 9.17) is 39.5 Å². The third kappa shape index (κ3) is 4.42. The third-order valence-electron chi connectivity index (χ3n) is 5.71. The molecule has 4 nitrogen and oxygen atoms in total. The van der Waals surface area contributed by atoms with Crippen LogP contribution in [0.15, 0.2) is 36.4 Å². The van der Waals surface area contributed by atoms with E-state index in [1.54, 1.807) is 24.3 Å². The molecule has 0 saturated heterocycles. The topological polar surface area (TPSA) is 55.4 Å². The van der Waals surface area contributed by atoms with Crippen LogP contribution in [0.2, 0.25) is 15.1 Å². The summed E-state index contributed by atoms with van der Waals surface area (Å²) in [5.74, 6) is -0.491. The summed E-state index contributed by atoms with van der Waals surface area (Å²) in [6.45, 7) is 2.01. The number of rotatable bonds is 4. The van der Waals surface area contributed by atoms with Crippen molar-refractivity contribution in [3.8, 4) is 5.75 Å². The van der Waals surface area contributed by atoms with E-state index in [1.807, 2.05) is 19.1 Å². The Kier molecular flexibility index (Phi) is 6.50. The fourth-order valence-electron chi connectivity index (χ4n) is 3.89. The van der Waals surface area contributed by atoms with Crippen LogP contribution in [0.1, 0.15) is 48.7 Å². The van der Waals surface area contributed by atoms with E-state index in [0.29, 0.717) is 11.1 Å². The Morgan fingerprint density at radius 2 is 1.71 bits per heavy atom. The number of thiophene rings is 1. The Balaban J connectivity index is 1.64. The molecule has 0 bridgehead atoms. The van der Waals surface area contributed by atoms with E-state index < -0.39 is 11.4 Å². The van der Waals surface area contributed by atoms with Crippen molar-refractivity contribution in [2.75, 3.05) is 5.32 Å². The third-order valence-corrected chi connectivity index (χ3v) is 8.14. The molecule has 31 heavy (non-hydrogen) atoms. The second-order valence-corrected chi connectivity index (χ2v) is 10.2. The molecule has 1 aliphatic rings. The number of nitrogens with one attached hydrogen (secondary N) is 1. The number of esters is 1. The second kappa shape index (κ2) is 8.99. The smallest absolute Gasteiger partial charge is 0.355 e. The molecule has 0 radical (unpaired) electrons. The van der Waals surface area contributed by atoms with E-state index in [0.717, 1.165) is 36.8 Å². The number of hydrogen-bond donors (Lipinski definition) is 1. The van der Waals surface area contributed by atoms with E-state index >= 15 is 0 Å². The SMILES string of the molecule is CC1(C(=O)Nc2cccc3sc(C(=O)Oc4cccc(Cl)c4Cl)c(Cl)c23)CCCCC1. The van der Waals surface area contributed by atoms with Crippen LogP contribution in [0, 0.1) is 5.41 Å². The van der Waals surface area contributed by atoms with Crippen LogP contribution in [0.3, 0.4) is 0 Å². The minimum Gasteiger partial charge on any atom is -0.421 e. The second-order valence-electron chi connectivity index (χ2n) is 7.94. The van der Waals surface area contributed by atoms with Crippen molar-refractivity contribution in [3.05, 3.63) is 56.3 Å². The van der Waals surface area contributed by atoms with Gasteiger partial charge in [-0.1, -0.05) is 73.1 Å². The summed E-state index contributed by atoms with van der Waals surface area (Å²) in [7, 11) is 0. The molecule has 1 heterocycles. The zero-order valence-corrected chi connectivity index (χ0v) is 19.9. The van der Waals surface area contributed by atoms with Gasteiger partial charge in [-0.05, 0) is 37.1 Å². The first-order valence-corrected chi connectivity index (χ1v) is 11.9. The van der Waals surface area contributed by atoms with Gasteiger partial charge < -0.3 is 10.1 Å². The molecule has 162 valence electrons. The molecule has 1 amide bonds. The average molecular weight is 497 g/mol. The molecule has 0 atom stereocenters. The molecule has 1 saturated carbocycles. The maximum atomic E-state index is 13.0. The predicted octanol–water partition coefficient (Wildman–Crippen LogP) is 7.99. The fraction of sp³-hybridized carbons (Fsp3) is 0.304. The molecule has 4 rings (SSSR count).